The standard InChI is InChI=1S/C38H58N6O10S/c1-9-22(2)35(47)25(5)42-37(49)34(44(7)38(50)31(21-45)43-55(8,51)52)28-11-13-33(54-17-15-40)30(20-28)29-19-27(10-12-32(29)53-16-14-39)18-23(3)36(48)41-24(4)26(6)46/h10-13,19-20,22-25,31,34,43,45H,9,14-18,21,39-40H2,1-8H3,(H,41,48)(H,42,49). The van der Waals surface area contributed by atoms with Gasteiger partial charge in [-0.1, -0.05) is 32.9 Å². The molecule has 6 unspecified atom stereocenters. The van der Waals surface area contributed by atoms with Crippen LogP contribution in [0.15, 0.2) is 36.4 Å². The number of nitrogens with two attached hydrogens (primary N) is 2. The van der Waals surface area contributed by atoms with Crippen molar-refractivity contribution in [1.82, 2.24) is 20.3 Å². The molecular weight excluding hydrogens is 733 g/mol. The molecule has 0 aromatic heterocycles. The van der Waals surface area contributed by atoms with E-state index in [0.717, 1.165) is 16.7 Å². The summed E-state index contributed by atoms with van der Waals surface area (Å²) in [4.78, 5) is 66.7. The topological polar surface area (TPSA) is 250 Å². The highest BCUT2D eigenvalue weighted by Crippen LogP contribution is 2.40. The number of ether oxygens (including phenoxy) is 2. The number of likely N-dealkylation sites (N-methyl/N-ethyl adjacent to an activating group) is 1. The molecule has 306 valence electrons. The summed E-state index contributed by atoms with van der Waals surface area (Å²) in [5.41, 5.74) is 13.4. The number of hydrogen-bond acceptors (Lipinski definition) is 12. The second kappa shape index (κ2) is 21.6. The summed E-state index contributed by atoms with van der Waals surface area (Å²) in [6.07, 6.45) is 1.65. The van der Waals surface area contributed by atoms with E-state index in [-0.39, 0.29) is 61.7 Å². The molecular formula is C38H58N6O10S. The van der Waals surface area contributed by atoms with Crippen molar-refractivity contribution in [3.63, 3.8) is 0 Å². The number of benzene rings is 2. The maximum absolute atomic E-state index is 14.2. The van der Waals surface area contributed by atoms with Crippen LogP contribution >= 0.6 is 0 Å². The molecule has 0 radical (unpaired) electrons. The molecule has 17 heteroatoms. The maximum atomic E-state index is 14.2. The van der Waals surface area contributed by atoms with Gasteiger partial charge in [0.15, 0.2) is 11.6 Å². The first-order valence-corrected chi connectivity index (χ1v) is 20.1. The number of ketones is 2. The van der Waals surface area contributed by atoms with Gasteiger partial charge >= 0.3 is 0 Å². The minimum absolute atomic E-state index is 0.115. The maximum Gasteiger partial charge on any atom is 0.248 e. The number of aliphatic hydroxyl groups is 1. The quantitative estimate of drug-likeness (QED) is 0.0917. The van der Waals surface area contributed by atoms with E-state index in [4.69, 9.17) is 20.9 Å². The van der Waals surface area contributed by atoms with Crippen molar-refractivity contribution < 1.29 is 47.0 Å². The van der Waals surface area contributed by atoms with Crippen LogP contribution in [0, 0.1) is 11.8 Å². The highest BCUT2D eigenvalue weighted by molar-refractivity contribution is 7.88. The molecule has 0 saturated carbocycles. The van der Waals surface area contributed by atoms with Gasteiger partial charge in [-0.3, -0.25) is 24.0 Å². The Labute approximate surface area is 324 Å². The number of hydrogen-bond donors (Lipinski definition) is 6. The number of nitrogens with zero attached hydrogens (tertiary/aromatic N) is 1. The van der Waals surface area contributed by atoms with Gasteiger partial charge in [-0.2, -0.15) is 0 Å². The molecule has 16 nitrogen and oxygen atoms in total. The third-order valence-corrected chi connectivity index (χ3v) is 9.78. The van der Waals surface area contributed by atoms with Gasteiger partial charge in [0.05, 0.1) is 24.9 Å². The van der Waals surface area contributed by atoms with E-state index in [1.807, 2.05) is 6.92 Å². The fourth-order valence-corrected chi connectivity index (χ4v) is 6.37. The number of carbonyl (C=O) groups excluding carboxylic acids is 5. The van der Waals surface area contributed by atoms with Gasteiger partial charge in [-0.05, 0) is 69.0 Å². The summed E-state index contributed by atoms with van der Waals surface area (Å²) in [5, 5.41) is 15.4. The molecule has 55 heavy (non-hydrogen) atoms. The number of aliphatic hydroxyl groups excluding tert-OH is 1. The molecule has 2 aromatic carbocycles. The molecule has 0 aliphatic carbocycles. The van der Waals surface area contributed by atoms with Crippen LogP contribution in [0.4, 0.5) is 0 Å². The zero-order valence-electron chi connectivity index (χ0n) is 33.0. The Hall–Kier alpha value is -4.42. The van der Waals surface area contributed by atoms with Crippen LogP contribution in [0.5, 0.6) is 11.5 Å². The predicted octanol–water partition coefficient (Wildman–Crippen LogP) is 0.830. The Balaban J connectivity index is 2.83. The average molecular weight is 791 g/mol. The molecule has 3 amide bonds. The van der Waals surface area contributed by atoms with E-state index < -0.39 is 58.5 Å². The number of nitrogens with one attached hydrogen (secondary N) is 3. The molecule has 0 aliphatic heterocycles. The van der Waals surface area contributed by atoms with Crippen LogP contribution in [-0.4, -0.2) is 112 Å². The lowest BCUT2D eigenvalue weighted by Gasteiger charge is -2.32. The Kier molecular flexibility index (Phi) is 18.4. The van der Waals surface area contributed by atoms with Gasteiger partial charge in [0.1, 0.15) is 36.8 Å². The predicted molar refractivity (Wildman–Crippen MR) is 209 cm³/mol. The van der Waals surface area contributed by atoms with Crippen LogP contribution in [0.1, 0.15) is 65.1 Å². The first-order chi connectivity index (χ1) is 25.8. The van der Waals surface area contributed by atoms with E-state index in [1.165, 1.54) is 20.9 Å². The van der Waals surface area contributed by atoms with Crippen molar-refractivity contribution >= 4 is 39.3 Å². The lowest BCUT2D eigenvalue weighted by atomic mass is 9.92. The summed E-state index contributed by atoms with van der Waals surface area (Å²) in [7, 11) is -2.67. The summed E-state index contributed by atoms with van der Waals surface area (Å²) >= 11 is 0. The summed E-state index contributed by atoms with van der Waals surface area (Å²) in [5.74, 6) is -2.53. The average Bonchev–Trinajstić information content (AvgIpc) is 3.14. The van der Waals surface area contributed by atoms with E-state index in [9.17, 15) is 37.5 Å². The van der Waals surface area contributed by atoms with E-state index in [0.29, 0.717) is 29.0 Å². The molecule has 2 aromatic rings. The van der Waals surface area contributed by atoms with Gasteiger partial charge in [-0.25, -0.2) is 13.1 Å². The van der Waals surface area contributed by atoms with Crippen molar-refractivity contribution in [1.29, 1.82) is 0 Å². The Morgan fingerprint density at radius 3 is 1.89 bits per heavy atom. The molecule has 0 spiro atoms. The van der Waals surface area contributed by atoms with Crippen LogP contribution < -0.4 is 36.3 Å². The van der Waals surface area contributed by atoms with Crippen molar-refractivity contribution in [2.24, 2.45) is 23.3 Å². The second-order valence-corrected chi connectivity index (χ2v) is 15.5. The van der Waals surface area contributed by atoms with Gasteiger partial charge in [0.2, 0.25) is 27.7 Å². The fraction of sp³-hybridized carbons (Fsp3) is 0.553. The zero-order valence-corrected chi connectivity index (χ0v) is 33.8. The number of sulfonamides is 1. The highest BCUT2D eigenvalue weighted by Gasteiger charge is 2.35. The molecule has 8 N–H and O–H groups in total. The minimum atomic E-state index is -3.96. The van der Waals surface area contributed by atoms with Crippen LogP contribution in [-0.2, 0) is 40.4 Å². The highest BCUT2D eigenvalue weighted by atomic mass is 32.2. The lowest BCUT2D eigenvalue weighted by Crippen LogP contribution is -2.53. The van der Waals surface area contributed by atoms with E-state index >= 15 is 0 Å². The number of amides is 3. The Morgan fingerprint density at radius 1 is 0.836 bits per heavy atom. The van der Waals surface area contributed by atoms with Crippen molar-refractivity contribution in [3.05, 3.63) is 47.5 Å². The van der Waals surface area contributed by atoms with Crippen LogP contribution in [0.3, 0.4) is 0 Å². The lowest BCUT2D eigenvalue weighted by molar-refractivity contribution is -0.142. The monoisotopic (exact) mass is 790 g/mol. The third kappa shape index (κ3) is 13.7. The summed E-state index contributed by atoms with van der Waals surface area (Å²) in [6, 6.07) is 5.40. The minimum Gasteiger partial charge on any atom is -0.492 e. The van der Waals surface area contributed by atoms with Crippen molar-refractivity contribution in [3.8, 4) is 22.6 Å². The largest absolute Gasteiger partial charge is 0.492 e. The van der Waals surface area contributed by atoms with Crippen LogP contribution in [0.2, 0.25) is 0 Å². The Morgan fingerprint density at radius 2 is 1.38 bits per heavy atom. The molecule has 0 saturated heterocycles. The SMILES string of the molecule is CCC(C)C(=O)C(C)NC(=O)C(c1ccc(OCCN)c(-c2cc(CC(C)C(=O)NC(C)C(C)=O)ccc2OCCN)c1)N(C)C(=O)C(CO)NS(C)(=O)=O. The number of rotatable bonds is 23. The molecule has 6 atom stereocenters. The first-order valence-electron chi connectivity index (χ1n) is 18.2. The smallest absolute Gasteiger partial charge is 0.248 e. The van der Waals surface area contributed by atoms with Gasteiger partial charge in [-0.15, -0.1) is 0 Å². The molecule has 0 bridgehead atoms. The van der Waals surface area contributed by atoms with Crippen LogP contribution in [0.25, 0.3) is 11.1 Å². The summed E-state index contributed by atoms with van der Waals surface area (Å²) in [6.45, 7) is 9.59. The van der Waals surface area contributed by atoms with E-state index in [2.05, 4.69) is 15.4 Å². The van der Waals surface area contributed by atoms with Crippen molar-refractivity contribution in [2.45, 2.75) is 78.6 Å². The van der Waals surface area contributed by atoms with Gasteiger partial charge in [0, 0.05) is 43.1 Å². The molecule has 0 heterocycles. The van der Waals surface area contributed by atoms with Crippen molar-refractivity contribution in [2.75, 3.05) is 46.2 Å². The van der Waals surface area contributed by atoms with E-state index in [1.54, 1.807) is 57.2 Å². The van der Waals surface area contributed by atoms with Gasteiger partial charge < -0.3 is 41.6 Å². The summed E-state index contributed by atoms with van der Waals surface area (Å²) < 4.78 is 38.3. The second-order valence-electron chi connectivity index (χ2n) is 13.7. The number of Topliss-reactive ketones (excluding diaryl/α,β-unsaturated/α-hetero) is 2. The normalized spacial score (nSPS) is 14.7. The van der Waals surface area contributed by atoms with Gasteiger partial charge in [0.25, 0.3) is 0 Å². The zero-order chi connectivity index (χ0) is 41.6. The number of carbonyl (C=O) groups is 5. The fourth-order valence-electron chi connectivity index (χ4n) is 5.68. The third-order valence-electron chi connectivity index (χ3n) is 9.07. The molecule has 0 aliphatic rings. The first kappa shape index (κ1) is 46.7. The molecule has 2 rings (SSSR count). The molecule has 0 fully saturated rings. The Bertz CT molecular complexity index is 1770.